The molecule has 0 aromatic heterocycles. The van der Waals surface area contributed by atoms with Gasteiger partial charge in [-0.05, 0) is 68.0 Å². The fourth-order valence-electron chi connectivity index (χ4n) is 7.79. The second-order valence-electron chi connectivity index (χ2n) is 12.3. The number of amides is 3. The molecule has 3 N–H and O–H groups in total. The number of hydrogen-bond acceptors (Lipinski definition) is 6. The summed E-state index contributed by atoms with van der Waals surface area (Å²) in [5, 5.41) is 16.7. The summed E-state index contributed by atoms with van der Waals surface area (Å²) < 4.78 is 12.4. The number of rotatable bonds is 12. The van der Waals surface area contributed by atoms with Crippen LogP contribution < -0.4 is 15.4 Å². The van der Waals surface area contributed by atoms with Gasteiger partial charge in [0.2, 0.25) is 17.7 Å². The van der Waals surface area contributed by atoms with E-state index in [4.69, 9.17) is 9.47 Å². The normalized spacial score (nSPS) is 27.2. The molecule has 3 aromatic rings. The van der Waals surface area contributed by atoms with Crippen LogP contribution in [0.2, 0.25) is 0 Å². The van der Waals surface area contributed by atoms with Crippen molar-refractivity contribution in [3.05, 3.63) is 96.1 Å². The first-order valence-corrected chi connectivity index (χ1v) is 15.9. The van der Waals surface area contributed by atoms with Crippen LogP contribution >= 0.6 is 0 Å². The van der Waals surface area contributed by atoms with Crippen molar-refractivity contribution in [3.63, 3.8) is 0 Å². The molecule has 1 spiro atoms. The van der Waals surface area contributed by atoms with Gasteiger partial charge in [0.05, 0.1) is 36.7 Å². The van der Waals surface area contributed by atoms with Crippen molar-refractivity contribution < 1.29 is 29.0 Å². The number of carbonyl (C=O) groups excluding carboxylic acids is 3. The van der Waals surface area contributed by atoms with Gasteiger partial charge < -0.3 is 30.1 Å². The van der Waals surface area contributed by atoms with E-state index in [2.05, 4.69) is 10.6 Å². The zero-order valence-electron chi connectivity index (χ0n) is 25.8. The number of likely N-dealkylation sites (tertiary alicyclic amines) is 1. The van der Waals surface area contributed by atoms with Crippen LogP contribution in [-0.2, 0) is 32.1 Å². The highest BCUT2D eigenvalue weighted by Gasteiger charge is 2.79. The molecule has 3 heterocycles. The molecule has 3 aliphatic rings. The third-order valence-electron chi connectivity index (χ3n) is 9.81. The van der Waals surface area contributed by atoms with Gasteiger partial charge in [-0.3, -0.25) is 14.4 Å². The summed E-state index contributed by atoms with van der Waals surface area (Å²) in [7, 11) is 0. The number of anilines is 1. The van der Waals surface area contributed by atoms with Crippen LogP contribution in [0.3, 0.4) is 0 Å². The van der Waals surface area contributed by atoms with Crippen molar-refractivity contribution in [2.45, 2.75) is 69.4 Å². The minimum atomic E-state index is -1.20. The largest absolute Gasteiger partial charge is 0.494 e. The van der Waals surface area contributed by atoms with Crippen LogP contribution in [0.1, 0.15) is 44.2 Å². The molecular formula is C36H41N3O6. The predicted molar refractivity (Wildman–Crippen MR) is 169 cm³/mol. The van der Waals surface area contributed by atoms with E-state index in [1.54, 1.807) is 24.3 Å². The first-order chi connectivity index (χ1) is 21.9. The Labute approximate surface area is 263 Å². The SMILES string of the molecule is CCOc1ccc(NC(=O)[C@H]2[C@H]3C(=O)N([C@@H](CO)Cc4ccccc4)C(C(=O)NCc4ccccc4)C34CC[C@]2(CC)O4)cc1. The van der Waals surface area contributed by atoms with Crippen molar-refractivity contribution in [1.82, 2.24) is 10.2 Å². The number of nitrogens with zero attached hydrogens (tertiary/aromatic N) is 1. The van der Waals surface area contributed by atoms with E-state index in [1.807, 2.05) is 74.5 Å². The third kappa shape index (κ3) is 5.48. The van der Waals surface area contributed by atoms with E-state index in [-0.39, 0.29) is 30.9 Å². The summed E-state index contributed by atoms with van der Waals surface area (Å²) in [6.45, 7) is 4.35. The number of fused-ring (bicyclic) bond motifs is 1. The van der Waals surface area contributed by atoms with Crippen LogP contribution in [0.4, 0.5) is 5.69 Å². The molecule has 6 rings (SSSR count). The minimum Gasteiger partial charge on any atom is -0.494 e. The standard InChI is InChI=1S/C36H41N3O6/c1-3-35-19-20-36(45-35)30(29(35)32(41)38-26-15-17-28(18-16-26)44-4-2)34(43)39(27(23-40)21-24-11-7-5-8-12-24)31(36)33(42)37-22-25-13-9-6-10-14-25/h5-18,27,29-31,40H,3-4,19-23H2,1-2H3,(H,37,42)(H,38,41)/t27-,29-,30+,31?,35+,36?/m1/s1. The molecule has 3 aliphatic heterocycles. The number of ether oxygens (including phenoxy) is 2. The molecule has 9 nitrogen and oxygen atoms in total. The second-order valence-corrected chi connectivity index (χ2v) is 12.3. The number of nitrogens with one attached hydrogen (secondary N) is 2. The van der Waals surface area contributed by atoms with Gasteiger partial charge in [-0.25, -0.2) is 0 Å². The summed E-state index contributed by atoms with van der Waals surface area (Å²) in [5.41, 5.74) is 0.367. The molecule has 0 saturated carbocycles. The molecule has 2 bridgehead atoms. The van der Waals surface area contributed by atoms with E-state index in [0.717, 1.165) is 11.1 Å². The Morgan fingerprint density at radius 3 is 2.24 bits per heavy atom. The summed E-state index contributed by atoms with van der Waals surface area (Å²) in [4.78, 5) is 44.6. The molecule has 3 saturated heterocycles. The van der Waals surface area contributed by atoms with Crippen molar-refractivity contribution >= 4 is 23.4 Å². The maximum Gasteiger partial charge on any atom is 0.246 e. The number of benzene rings is 3. The average Bonchev–Trinajstić information content (AvgIpc) is 3.68. The quantitative estimate of drug-likeness (QED) is 0.284. The van der Waals surface area contributed by atoms with Gasteiger partial charge in [-0.2, -0.15) is 0 Å². The third-order valence-corrected chi connectivity index (χ3v) is 9.81. The fourth-order valence-corrected chi connectivity index (χ4v) is 7.79. The molecular weight excluding hydrogens is 570 g/mol. The van der Waals surface area contributed by atoms with E-state index in [1.165, 1.54) is 4.90 Å². The molecule has 236 valence electrons. The highest BCUT2D eigenvalue weighted by molar-refractivity contribution is 6.02. The molecule has 2 unspecified atom stereocenters. The van der Waals surface area contributed by atoms with Crippen molar-refractivity contribution in [2.75, 3.05) is 18.5 Å². The van der Waals surface area contributed by atoms with E-state index < -0.39 is 35.1 Å². The fraction of sp³-hybridized carbons (Fsp3) is 0.417. The topological polar surface area (TPSA) is 117 Å². The van der Waals surface area contributed by atoms with Crippen LogP contribution in [0.25, 0.3) is 0 Å². The Balaban J connectivity index is 1.35. The van der Waals surface area contributed by atoms with Gasteiger partial charge in [-0.1, -0.05) is 67.6 Å². The van der Waals surface area contributed by atoms with Crippen molar-refractivity contribution in [2.24, 2.45) is 11.8 Å². The molecule has 45 heavy (non-hydrogen) atoms. The van der Waals surface area contributed by atoms with Crippen LogP contribution in [-0.4, -0.2) is 64.2 Å². The number of aliphatic hydroxyl groups is 1. The van der Waals surface area contributed by atoms with Crippen LogP contribution in [0.15, 0.2) is 84.9 Å². The van der Waals surface area contributed by atoms with Crippen molar-refractivity contribution in [1.29, 1.82) is 0 Å². The molecule has 6 atom stereocenters. The molecule has 9 heteroatoms. The number of hydrogen-bond donors (Lipinski definition) is 3. The molecule has 0 aliphatic carbocycles. The Morgan fingerprint density at radius 1 is 0.956 bits per heavy atom. The lowest BCUT2D eigenvalue weighted by molar-refractivity contribution is -0.150. The minimum absolute atomic E-state index is 0.280. The van der Waals surface area contributed by atoms with E-state index in [9.17, 15) is 19.5 Å². The second kappa shape index (κ2) is 12.7. The summed E-state index contributed by atoms with van der Waals surface area (Å²) in [5.74, 6) is -1.96. The zero-order chi connectivity index (χ0) is 31.6. The van der Waals surface area contributed by atoms with Gasteiger partial charge in [0.15, 0.2) is 0 Å². The van der Waals surface area contributed by atoms with Gasteiger partial charge in [0.25, 0.3) is 0 Å². The lowest BCUT2D eigenvalue weighted by Crippen LogP contribution is -2.58. The average molecular weight is 612 g/mol. The first-order valence-electron chi connectivity index (χ1n) is 15.9. The zero-order valence-corrected chi connectivity index (χ0v) is 25.8. The van der Waals surface area contributed by atoms with E-state index >= 15 is 0 Å². The summed E-state index contributed by atoms with van der Waals surface area (Å²) in [6.07, 6.45) is 1.89. The highest BCUT2D eigenvalue weighted by Crippen LogP contribution is 2.64. The smallest absolute Gasteiger partial charge is 0.246 e. The lowest BCUT2D eigenvalue weighted by Gasteiger charge is -2.37. The van der Waals surface area contributed by atoms with Crippen LogP contribution in [0.5, 0.6) is 5.75 Å². The monoisotopic (exact) mass is 611 g/mol. The maximum absolute atomic E-state index is 14.7. The predicted octanol–water partition coefficient (Wildman–Crippen LogP) is 4.10. The summed E-state index contributed by atoms with van der Waals surface area (Å²) in [6, 6.07) is 24.6. The van der Waals surface area contributed by atoms with Crippen molar-refractivity contribution in [3.8, 4) is 5.75 Å². The number of carbonyl (C=O) groups is 3. The van der Waals surface area contributed by atoms with Crippen LogP contribution in [0, 0.1) is 11.8 Å². The molecule has 3 aromatic carbocycles. The molecule has 3 fully saturated rings. The van der Waals surface area contributed by atoms with Gasteiger partial charge in [-0.15, -0.1) is 0 Å². The van der Waals surface area contributed by atoms with Gasteiger partial charge in [0, 0.05) is 12.2 Å². The Bertz CT molecular complexity index is 1520. The Kier molecular flexibility index (Phi) is 8.66. The molecule has 0 radical (unpaired) electrons. The Morgan fingerprint density at radius 2 is 1.62 bits per heavy atom. The van der Waals surface area contributed by atoms with E-state index in [0.29, 0.717) is 43.7 Å². The number of aliphatic hydroxyl groups excluding tert-OH is 1. The highest BCUT2D eigenvalue weighted by atomic mass is 16.5. The maximum atomic E-state index is 14.7. The van der Waals surface area contributed by atoms with Gasteiger partial charge in [0.1, 0.15) is 17.4 Å². The first kappa shape index (κ1) is 30.8. The molecule has 3 amide bonds. The Hall–Kier alpha value is -4.21. The van der Waals surface area contributed by atoms with Gasteiger partial charge >= 0.3 is 0 Å². The lowest BCUT2D eigenvalue weighted by atomic mass is 9.65. The summed E-state index contributed by atoms with van der Waals surface area (Å²) >= 11 is 0.